The Balaban J connectivity index is 1.97. The van der Waals surface area contributed by atoms with Crippen molar-refractivity contribution in [1.29, 1.82) is 0 Å². The van der Waals surface area contributed by atoms with Crippen molar-refractivity contribution in [2.45, 2.75) is 12.8 Å². The van der Waals surface area contributed by atoms with Gasteiger partial charge >= 0.3 is 0 Å². The fourth-order valence-corrected chi connectivity index (χ4v) is 2.38. The van der Waals surface area contributed by atoms with Crippen molar-refractivity contribution in [2.24, 2.45) is 5.73 Å². The van der Waals surface area contributed by atoms with Crippen molar-refractivity contribution in [3.8, 4) is 22.6 Å². The van der Waals surface area contributed by atoms with Crippen molar-refractivity contribution in [1.82, 2.24) is 0 Å². The van der Waals surface area contributed by atoms with Gasteiger partial charge in [-0.1, -0.05) is 30.3 Å². The molecule has 0 saturated carbocycles. The van der Waals surface area contributed by atoms with Crippen LogP contribution in [0.4, 0.5) is 0 Å². The van der Waals surface area contributed by atoms with Gasteiger partial charge in [0.2, 0.25) is 6.79 Å². The van der Waals surface area contributed by atoms with Gasteiger partial charge in [-0.25, -0.2) is 0 Å². The molecule has 0 bridgehead atoms. The summed E-state index contributed by atoms with van der Waals surface area (Å²) in [6.07, 6.45) is 2.00. The lowest BCUT2D eigenvalue weighted by molar-refractivity contribution is 0.174. The molecule has 0 spiro atoms. The topological polar surface area (TPSA) is 44.5 Å². The Morgan fingerprint density at radius 3 is 2.74 bits per heavy atom. The van der Waals surface area contributed by atoms with Crippen LogP contribution in [0.2, 0.25) is 0 Å². The minimum Gasteiger partial charge on any atom is -0.454 e. The molecule has 3 heteroatoms. The molecule has 3 nitrogen and oxygen atoms in total. The number of rotatable bonds is 4. The summed E-state index contributed by atoms with van der Waals surface area (Å²) in [7, 11) is 0. The van der Waals surface area contributed by atoms with Crippen LogP contribution in [0.3, 0.4) is 0 Å². The van der Waals surface area contributed by atoms with Crippen molar-refractivity contribution in [2.75, 3.05) is 13.3 Å². The first-order chi connectivity index (χ1) is 9.38. The third-order valence-corrected chi connectivity index (χ3v) is 3.35. The van der Waals surface area contributed by atoms with Crippen molar-refractivity contribution in [3.05, 3.63) is 48.0 Å². The largest absolute Gasteiger partial charge is 0.454 e. The number of fused-ring (bicyclic) bond motifs is 1. The summed E-state index contributed by atoms with van der Waals surface area (Å²) >= 11 is 0. The normalized spacial score (nSPS) is 12.7. The third-order valence-electron chi connectivity index (χ3n) is 3.35. The predicted molar refractivity (Wildman–Crippen MR) is 75.4 cm³/mol. The molecular weight excluding hydrogens is 238 g/mol. The van der Waals surface area contributed by atoms with Gasteiger partial charge in [-0.2, -0.15) is 0 Å². The summed E-state index contributed by atoms with van der Waals surface area (Å²) in [4.78, 5) is 0. The molecule has 0 aliphatic carbocycles. The van der Waals surface area contributed by atoms with E-state index in [4.69, 9.17) is 15.2 Å². The molecule has 1 aliphatic heterocycles. The van der Waals surface area contributed by atoms with Crippen LogP contribution in [0.5, 0.6) is 11.5 Å². The van der Waals surface area contributed by atoms with Crippen LogP contribution < -0.4 is 15.2 Å². The zero-order chi connectivity index (χ0) is 13.1. The molecule has 2 aromatic rings. The zero-order valence-electron chi connectivity index (χ0n) is 10.8. The minimum absolute atomic E-state index is 0.313. The van der Waals surface area contributed by atoms with Gasteiger partial charge in [-0.3, -0.25) is 0 Å². The molecule has 98 valence electrons. The second-order valence-electron chi connectivity index (χ2n) is 4.62. The van der Waals surface area contributed by atoms with Crippen molar-refractivity contribution in [3.63, 3.8) is 0 Å². The molecular formula is C16H17NO2. The lowest BCUT2D eigenvalue weighted by Gasteiger charge is -2.10. The highest BCUT2D eigenvalue weighted by atomic mass is 16.7. The first-order valence-electron chi connectivity index (χ1n) is 6.56. The average Bonchev–Trinajstić information content (AvgIpc) is 2.92. The summed E-state index contributed by atoms with van der Waals surface area (Å²) in [5.41, 5.74) is 9.34. The Kier molecular flexibility index (Phi) is 3.38. The van der Waals surface area contributed by atoms with Crippen LogP contribution in [-0.2, 0) is 6.42 Å². The van der Waals surface area contributed by atoms with E-state index in [0.717, 1.165) is 36.4 Å². The molecule has 2 N–H and O–H groups in total. The lowest BCUT2D eigenvalue weighted by atomic mass is 9.96. The maximum Gasteiger partial charge on any atom is 0.231 e. The molecule has 19 heavy (non-hydrogen) atoms. The number of hydrogen-bond donors (Lipinski definition) is 1. The molecule has 0 atom stereocenters. The molecule has 2 aromatic carbocycles. The number of ether oxygens (including phenoxy) is 2. The Bertz CT molecular complexity index is 581. The Morgan fingerprint density at radius 2 is 1.84 bits per heavy atom. The minimum atomic E-state index is 0.313. The Hall–Kier alpha value is -2.00. The summed E-state index contributed by atoms with van der Waals surface area (Å²) in [5, 5.41) is 0. The van der Waals surface area contributed by atoms with Crippen LogP contribution in [-0.4, -0.2) is 13.3 Å². The Morgan fingerprint density at radius 1 is 1.00 bits per heavy atom. The molecule has 0 fully saturated rings. The average molecular weight is 255 g/mol. The van der Waals surface area contributed by atoms with E-state index in [-0.39, 0.29) is 0 Å². The molecule has 0 unspecified atom stereocenters. The molecule has 1 aliphatic rings. The summed E-state index contributed by atoms with van der Waals surface area (Å²) in [6.45, 7) is 1.03. The molecule has 3 rings (SSSR count). The van der Waals surface area contributed by atoms with Crippen molar-refractivity contribution < 1.29 is 9.47 Å². The van der Waals surface area contributed by atoms with Gasteiger partial charge in [0.05, 0.1) is 0 Å². The molecule has 0 amide bonds. The van der Waals surface area contributed by atoms with E-state index in [1.807, 2.05) is 12.1 Å². The predicted octanol–water partition coefficient (Wildman–Crippen LogP) is 2.97. The van der Waals surface area contributed by atoms with E-state index in [9.17, 15) is 0 Å². The molecule has 0 saturated heterocycles. The second kappa shape index (κ2) is 5.33. The molecule has 0 aromatic heterocycles. The highest BCUT2D eigenvalue weighted by molar-refractivity contribution is 5.70. The standard InChI is InChI=1S/C16H17NO2/c17-9-3-5-12-4-1-2-6-14(12)13-7-8-15-16(10-13)19-11-18-15/h1-2,4,6-8,10H,3,5,9,11,17H2. The zero-order valence-corrected chi connectivity index (χ0v) is 10.8. The fourth-order valence-electron chi connectivity index (χ4n) is 2.38. The summed E-state index contributed by atoms with van der Waals surface area (Å²) in [6, 6.07) is 14.5. The summed E-state index contributed by atoms with van der Waals surface area (Å²) < 4.78 is 10.8. The number of nitrogens with two attached hydrogens (primary N) is 1. The second-order valence-corrected chi connectivity index (χ2v) is 4.62. The highest BCUT2D eigenvalue weighted by Gasteiger charge is 2.14. The molecule has 0 radical (unpaired) electrons. The number of hydrogen-bond acceptors (Lipinski definition) is 3. The maximum atomic E-state index is 5.60. The van der Waals surface area contributed by atoms with E-state index in [2.05, 4.69) is 30.3 Å². The van der Waals surface area contributed by atoms with Gasteiger partial charge in [0.15, 0.2) is 11.5 Å². The van der Waals surface area contributed by atoms with Crippen LogP contribution in [0.1, 0.15) is 12.0 Å². The van der Waals surface area contributed by atoms with E-state index >= 15 is 0 Å². The van der Waals surface area contributed by atoms with Gasteiger partial charge in [0.1, 0.15) is 0 Å². The Labute approximate surface area is 113 Å². The van der Waals surface area contributed by atoms with E-state index < -0.39 is 0 Å². The van der Waals surface area contributed by atoms with Crippen LogP contribution in [0.25, 0.3) is 11.1 Å². The van der Waals surface area contributed by atoms with E-state index in [1.54, 1.807) is 0 Å². The van der Waals surface area contributed by atoms with E-state index in [1.165, 1.54) is 11.1 Å². The fraction of sp³-hybridized carbons (Fsp3) is 0.250. The van der Waals surface area contributed by atoms with Gasteiger partial charge in [0.25, 0.3) is 0 Å². The maximum absolute atomic E-state index is 5.60. The van der Waals surface area contributed by atoms with Gasteiger partial charge < -0.3 is 15.2 Å². The SMILES string of the molecule is NCCCc1ccccc1-c1ccc2c(c1)OCO2. The first-order valence-corrected chi connectivity index (χ1v) is 6.56. The van der Waals surface area contributed by atoms with E-state index in [0.29, 0.717) is 6.79 Å². The van der Waals surface area contributed by atoms with Gasteiger partial charge in [-0.05, 0) is 48.2 Å². The quantitative estimate of drug-likeness (QED) is 0.913. The third kappa shape index (κ3) is 2.42. The smallest absolute Gasteiger partial charge is 0.231 e. The monoisotopic (exact) mass is 255 g/mol. The van der Waals surface area contributed by atoms with Crippen molar-refractivity contribution >= 4 is 0 Å². The summed E-state index contributed by atoms with van der Waals surface area (Å²) in [5.74, 6) is 1.65. The molecule has 1 heterocycles. The highest BCUT2D eigenvalue weighted by Crippen LogP contribution is 2.36. The van der Waals surface area contributed by atoms with Crippen LogP contribution in [0.15, 0.2) is 42.5 Å². The number of benzene rings is 2. The van der Waals surface area contributed by atoms with Crippen LogP contribution in [0, 0.1) is 0 Å². The first kappa shape index (κ1) is 12.1. The number of aryl methyl sites for hydroxylation is 1. The van der Waals surface area contributed by atoms with Gasteiger partial charge in [0, 0.05) is 0 Å². The lowest BCUT2D eigenvalue weighted by Crippen LogP contribution is -2.01. The van der Waals surface area contributed by atoms with Crippen LogP contribution >= 0.6 is 0 Å². The van der Waals surface area contributed by atoms with Gasteiger partial charge in [-0.15, -0.1) is 0 Å².